The number of rotatable bonds is 5. The van der Waals surface area contributed by atoms with Crippen LogP contribution in [-0.2, 0) is 6.54 Å². The maximum absolute atomic E-state index is 8.75. The van der Waals surface area contributed by atoms with Crippen LogP contribution in [0.4, 0.5) is 0 Å². The molecule has 1 fully saturated rings. The number of hydrogen-bond donors (Lipinski definition) is 1. The number of nitrogens with zero attached hydrogens (tertiary/aromatic N) is 1. The second kappa shape index (κ2) is 5.30. The molecule has 1 aliphatic rings. The highest BCUT2D eigenvalue weighted by Crippen LogP contribution is 2.46. The van der Waals surface area contributed by atoms with E-state index in [1.807, 2.05) is 23.9 Å². The standard InChI is InChI=1S/C13H15ClN2S/c1-17-13(4-5-13)9-16-8-11-3-2-10(7-15)6-12(11)14/h2-3,6,16H,4-5,8-9H2,1H3. The molecule has 0 saturated heterocycles. The van der Waals surface area contributed by atoms with Crippen LogP contribution < -0.4 is 5.32 Å². The number of nitrogens with one attached hydrogen (secondary N) is 1. The molecule has 0 bridgehead atoms. The highest BCUT2D eigenvalue weighted by atomic mass is 35.5. The molecule has 2 rings (SSSR count). The number of benzene rings is 1. The van der Waals surface area contributed by atoms with Gasteiger partial charge in [-0.3, -0.25) is 0 Å². The third-order valence-corrected chi connectivity index (χ3v) is 4.96. The van der Waals surface area contributed by atoms with Gasteiger partial charge in [0.15, 0.2) is 0 Å². The van der Waals surface area contributed by atoms with Gasteiger partial charge in [0.05, 0.1) is 11.6 Å². The summed E-state index contributed by atoms with van der Waals surface area (Å²) in [4.78, 5) is 0. The van der Waals surface area contributed by atoms with Crippen molar-refractivity contribution in [3.63, 3.8) is 0 Å². The Morgan fingerprint density at radius 2 is 2.29 bits per heavy atom. The first-order valence-corrected chi connectivity index (χ1v) is 7.24. The number of thioether (sulfide) groups is 1. The summed E-state index contributed by atoms with van der Waals surface area (Å²) in [6, 6.07) is 7.54. The lowest BCUT2D eigenvalue weighted by Gasteiger charge is -2.13. The molecule has 1 aliphatic carbocycles. The lowest BCUT2D eigenvalue weighted by molar-refractivity contribution is 0.663. The molecule has 0 unspecified atom stereocenters. The van der Waals surface area contributed by atoms with Crippen molar-refractivity contribution in [1.29, 1.82) is 5.26 Å². The summed E-state index contributed by atoms with van der Waals surface area (Å²) in [6.45, 7) is 1.80. The lowest BCUT2D eigenvalue weighted by Crippen LogP contribution is -2.25. The quantitative estimate of drug-likeness (QED) is 0.889. The Morgan fingerprint density at radius 1 is 1.53 bits per heavy atom. The van der Waals surface area contributed by atoms with E-state index in [4.69, 9.17) is 16.9 Å². The van der Waals surface area contributed by atoms with Gasteiger partial charge >= 0.3 is 0 Å². The van der Waals surface area contributed by atoms with Crippen LogP contribution in [0.1, 0.15) is 24.0 Å². The van der Waals surface area contributed by atoms with Crippen LogP contribution in [-0.4, -0.2) is 17.5 Å². The summed E-state index contributed by atoms with van der Waals surface area (Å²) in [5, 5.41) is 12.9. The molecule has 0 radical (unpaired) electrons. The van der Waals surface area contributed by atoms with E-state index in [0.29, 0.717) is 15.3 Å². The third-order valence-electron chi connectivity index (χ3n) is 3.19. The Hall–Kier alpha value is -0.690. The first kappa shape index (κ1) is 12.8. The van der Waals surface area contributed by atoms with Crippen LogP contribution >= 0.6 is 23.4 Å². The van der Waals surface area contributed by atoms with Gasteiger partial charge < -0.3 is 5.32 Å². The van der Waals surface area contributed by atoms with Crippen molar-refractivity contribution < 1.29 is 0 Å². The minimum absolute atomic E-state index is 0.471. The molecule has 1 saturated carbocycles. The van der Waals surface area contributed by atoms with Crippen molar-refractivity contribution in [2.45, 2.75) is 24.1 Å². The van der Waals surface area contributed by atoms with Gasteiger partial charge in [0.2, 0.25) is 0 Å². The van der Waals surface area contributed by atoms with Crippen molar-refractivity contribution in [1.82, 2.24) is 5.32 Å². The summed E-state index contributed by atoms with van der Waals surface area (Å²) in [5.74, 6) is 0. The molecular formula is C13H15ClN2S. The summed E-state index contributed by atoms with van der Waals surface area (Å²) in [7, 11) is 0. The molecule has 1 N–H and O–H groups in total. The smallest absolute Gasteiger partial charge is 0.0992 e. The first-order chi connectivity index (χ1) is 8.19. The topological polar surface area (TPSA) is 35.8 Å². The van der Waals surface area contributed by atoms with E-state index in [9.17, 15) is 0 Å². The summed E-state index contributed by atoms with van der Waals surface area (Å²) < 4.78 is 0.471. The Balaban J connectivity index is 1.89. The molecule has 90 valence electrons. The predicted octanol–water partition coefficient (Wildman–Crippen LogP) is 3.20. The Labute approximate surface area is 111 Å². The van der Waals surface area contributed by atoms with Crippen LogP contribution in [0, 0.1) is 11.3 Å². The van der Waals surface area contributed by atoms with Crippen LogP contribution in [0.3, 0.4) is 0 Å². The van der Waals surface area contributed by atoms with E-state index in [0.717, 1.165) is 18.7 Å². The molecule has 1 aromatic carbocycles. The molecule has 1 aromatic rings. The Kier molecular flexibility index (Phi) is 3.98. The van der Waals surface area contributed by atoms with Crippen LogP contribution in [0.15, 0.2) is 18.2 Å². The van der Waals surface area contributed by atoms with Gasteiger partial charge in [0.25, 0.3) is 0 Å². The lowest BCUT2D eigenvalue weighted by atomic mass is 10.1. The van der Waals surface area contributed by atoms with Gasteiger partial charge in [-0.2, -0.15) is 17.0 Å². The normalized spacial score (nSPS) is 16.5. The average Bonchev–Trinajstić information content (AvgIpc) is 3.12. The molecule has 0 atom stereocenters. The second-order valence-corrected chi connectivity index (χ2v) is 6.09. The van der Waals surface area contributed by atoms with Gasteiger partial charge in [-0.05, 0) is 36.8 Å². The predicted molar refractivity (Wildman–Crippen MR) is 73.4 cm³/mol. The molecule has 17 heavy (non-hydrogen) atoms. The monoisotopic (exact) mass is 266 g/mol. The molecule has 0 amide bonds. The average molecular weight is 267 g/mol. The van der Waals surface area contributed by atoms with E-state index in [1.165, 1.54) is 12.8 Å². The van der Waals surface area contributed by atoms with E-state index in [1.54, 1.807) is 6.07 Å². The molecule has 0 aliphatic heterocycles. The van der Waals surface area contributed by atoms with Gasteiger partial charge in [-0.25, -0.2) is 0 Å². The van der Waals surface area contributed by atoms with Gasteiger partial charge in [-0.1, -0.05) is 17.7 Å². The van der Waals surface area contributed by atoms with Crippen molar-refractivity contribution in [3.8, 4) is 6.07 Å². The van der Waals surface area contributed by atoms with Crippen molar-refractivity contribution in [3.05, 3.63) is 34.3 Å². The van der Waals surface area contributed by atoms with Crippen LogP contribution in [0.2, 0.25) is 5.02 Å². The highest BCUT2D eigenvalue weighted by Gasteiger charge is 2.41. The first-order valence-electron chi connectivity index (χ1n) is 5.63. The van der Waals surface area contributed by atoms with Crippen LogP contribution in [0.25, 0.3) is 0 Å². The maximum Gasteiger partial charge on any atom is 0.0992 e. The fourth-order valence-corrected chi connectivity index (χ4v) is 2.78. The third kappa shape index (κ3) is 3.16. The number of hydrogen-bond acceptors (Lipinski definition) is 3. The molecule has 0 spiro atoms. The molecular weight excluding hydrogens is 252 g/mol. The Bertz CT molecular complexity index is 449. The van der Waals surface area contributed by atoms with E-state index >= 15 is 0 Å². The van der Waals surface area contributed by atoms with Crippen molar-refractivity contribution >= 4 is 23.4 Å². The SMILES string of the molecule is CSC1(CNCc2ccc(C#N)cc2Cl)CC1. The van der Waals surface area contributed by atoms with E-state index in [-0.39, 0.29) is 0 Å². The van der Waals surface area contributed by atoms with Crippen molar-refractivity contribution in [2.24, 2.45) is 0 Å². The summed E-state index contributed by atoms with van der Waals surface area (Å²) >= 11 is 8.06. The number of halogens is 1. The van der Waals surface area contributed by atoms with Crippen LogP contribution in [0.5, 0.6) is 0 Å². The highest BCUT2D eigenvalue weighted by molar-refractivity contribution is 8.00. The largest absolute Gasteiger partial charge is 0.311 e. The Morgan fingerprint density at radius 3 is 2.82 bits per heavy atom. The van der Waals surface area contributed by atoms with Gasteiger partial charge in [0, 0.05) is 22.9 Å². The van der Waals surface area contributed by atoms with E-state index < -0.39 is 0 Å². The molecule has 4 heteroatoms. The fraction of sp³-hybridized carbons (Fsp3) is 0.462. The van der Waals surface area contributed by atoms with Gasteiger partial charge in [-0.15, -0.1) is 0 Å². The second-order valence-electron chi connectivity index (χ2n) is 4.41. The van der Waals surface area contributed by atoms with E-state index in [2.05, 4.69) is 17.6 Å². The molecule has 0 aromatic heterocycles. The minimum atomic E-state index is 0.471. The fourth-order valence-electron chi connectivity index (χ4n) is 1.78. The molecule has 2 nitrogen and oxygen atoms in total. The molecule has 0 heterocycles. The zero-order chi connectivity index (χ0) is 12.3. The maximum atomic E-state index is 8.75. The minimum Gasteiger partial charge on any atom is -0.311 e. The van der Waals surface area contributed by atoms with Gasteiger partial charge in [0.1, 0.15) is 0 Å². The summed E-state index contributed by atoms with van der Waals surface area (Å²) in [5.41, 5.74) is 1.67. The number of nitriles is 1. The summed E-state index contributed by atoms with van der Waals surface area (Å²) in [6.07, 6.45) is 4.79. The van der Waals surface area contributed by atoms with Crippen molar-refractivity contribution in [2.75, 3.05) is 12.8 Å². The zero-order valence-corrected chi connectivity index (χ0v) is 11.4. The zero-order valence-electron chi connectivity index (χ0n) is 9.79.